The quantitative estimate of drug-likeness (QED) is 0.841. The summed E-state index contributed by atoms with van der Waals surface area (Å²) in [6.45, 7) is 11.5. The first kappa shape index (κ1) is 14.8. The van der Waals surface area contributed by atoms with Gasteiger partial charge >= 0.3 is 0 Å². The van der Waals surface area contributed by atoms with Gasteiger partial charge in [-0.15, -0.1) is 0 Å². The molecular weight excluding hydrogens is 250 g/mol. The number of nitrogens with one attached hydrogen (secondary N) is 1. The molecule has 4 nitrogen and oxygen atoms in total. The molecule has 0 aromatic carbocycles. The van der Waals surface area contributed by atoms with Crippen LogP contribution < -0.4 is 5.32 Å². The van der Waals surface area contributed by atoms with Gasteiger partial charge in [0.2, 0.25) is 0 Å². The number of hydrogen-bond donors (Lipinski definition) is 1. The molecule has 3 aliphatic heterocycles. The van der Waals surface area contributed by atoms with Gasteiger partial charge in [-0.25, -0.2) is 0 Å². The van der Waals surface area contributed by atoms with E-state index in [4.69, 9.17) is 4.74 Å². The smallest absolute Gasteiger partial charge is 0.0829 e. The van der Waals surface area contributed by atoms with Gasteiger partial charge < -0.3 is 10.1 Å². The molecule has 4 heteroatoms. The molecular formula is C16H31N3O. The predicted octanol–water partition coefficient (Wildman–Crippen LogP) is 1.31. The van der Waals surface area contributed by atoms with E-state index in [0.29, 0.717) is 12.1 Å². The van der Waals surface area contributed by atoms with Crippen molar-refractivity contribution in [1.29, 1.82) is 0 Å². The van der Waals surface area contributed by atoms with Gasteiger partial charge in [-0.2, -0.15) is 0 Å². The Morgan fingerprint density at radius 2 is 2.15 bits per heavy atom. The molecule has 3 rings (SSSR count). The van der Waals surface area contributed by atoms with Gasteiger partial charge in [-0.1, -0.05) is 6.92 Å². The van der Waals surface area contributed by atoms with E-state index in [1.54, 1.807) is 0 Å². The van der Waals surface area contributed by atoms with Gasteiger partial charge in [0.1, 0.15) is 0 Å². The zero-order valence-electron chi connectivity index (χ0n) is 13.2. The molecule has 0 spiro atoms. The number of nitrogens with zero attached hydrogens (tertiary/aromatic N) is 2. The Labute approximate surface area is 123 Å². The number of hydrogen-bond acceptors (Lipinski definition) is 4. The molecule has 0 saturated carbocycles. The van der Waals surface area contributed by atoms with Crippen LogP contribution in [0.5, 0.6) is 0 Å². The lowest BCUT2D eigenvalue weighted by molar-refractivity contribution is -0.0683. The molecule has 0 radical (unpaired) electrons. The Bertz CT molecular complexity index is 312. The minimum absolute atomic E-state index is 0.433. The zero-order chi connectivity index (χ0) is 13.9. The van der Waals surface area contributed by atoms with E-state index < -0.39 is 0 Å². The van der Waals surface area contributed by atoms with Gasteiger partial charge in [-0.3, -0.25) is 9.80 Å². The average Bonchev–Trinajstić information content (AvgIpc) is 2.90. The summed E-state index contributed by atoms with van der Waals surface area (Å²) in [6, 6.07) is 2.14. The first-order chi connectivity index (χ1) is 9.76. The van der Waals surface area contributed by atoms with Crippen LogP contribution in [0.1, 0.15) is 39.5 Å². The molecule has 3 fully saturated rings. The Hall–Kier alpha value is -0.160. The highest BCUT2D eigenvalue weighted by molar-refractivity contribution is 4.89. The van der Waals surface area contributed by atoms with Crippen molar-refractivity contribution in [3.63, 3.8) is 0 Å². The van der Waals surface area contributed by atoms with Gasteiger partial charge in [0, 0.05) is 37.8 Å². The maximum absolute atomic E-state index is 6.12. The second kappa shape index (κ2) is 6.73. The number of ether oxygens (including phenoxy) is 1. The molecule has 4 unspecified atom stereocenters. The lowest BCUT2D eigenvalue weighted by Crippen LogP contribution is -2.54. The van der Waals surface area contributed by atoms with Crippen LogP contribution in [0.4, 0.5) is 0 Å². The summed E-state index contributed by atoms with van der Waals surface area (Å²) in [5.74, 6) is 0. The van der Waals surface area contributed by atoms with Crippen molar-refractivity contribution in [3.8, 4) is 0 Å². The molecule has 0 aromatic rings. The summed E-state index contributed by atoms with van der Waals surface area (Å²) in [7, 11) is 0. The standard InChI is InChI=1S/C16H31N3O/c1-3-17-14-6-8-18(13(2)9-14)10-16-11-19-7-4-5-15(19)12-20-16/h13-17H,3-12H2,1-2H3. The van der Waals surface area contributed by atoms with Crippen molar-refractivity contribution in [2.24, 2.45) is 0 Å². The molecule has 1 N–H and O–H groups in total. The lowest BCUT2D eigenvalue weighted by Gasteiger charge is -2.42. The van der Waals surface area contributed by atoms with Crippen LogP contribution in [0.2, 0.25) is 0 Å². The van der Waals surface area contributed by atoms with Gasteiger partial charge in [-0.05, 0) is 45.7 Å². The van der Waals surface area contributed by atoms with E-state index in [1.165, 1.54) is 38.8 Å². The number of piperidine rings is 1. The van der Waals surface area contributed by atoms with Crippen molar-refractivity contribution < 1.29 is 4.74 Å². The molecule has 0 aromatic heterocycles. The van der Waals surface area contributed by atoms with E-state index >= 15 is 0 Å². The average molecular weight is 281 g/mol. The zero-order valence-corrected chi connectivity index (χ0v) is 13.2. The third-order valence-corrected chi connectivity index (χ3v) is 5.41. The Balaban J connectivity index is 1.46. The van der Waals surface area contributed by atoms with E-state index in [0.717, 1.165) is 38.3 Å². The second-order valence-corrected chi connectivity index (χ2v) is 6.87. The third-order valence-electron chi connectivity index (χ3n) is 5.41. The van der Waals surface area contributed by atoms with Crippen LogP contribution in [0.15, 0.2) is 0 Å². The predicted molar refractivity (Wildman–Crippen MR) is 82.1 cm³/mol. The third kappa shape index (κ3) is 3.35. The van der Waals surface area contributed by atoms with Crippen molar-refractivity contribution >= 4 is 0 Å². The summed E-state index contributed by atoms with van der Waals surface area (Å²) < 4.78 is 6.12. The number of fused-ring (bicyclic) bond motifs is 1. The Morgan fingerprint density at radius 3 is 2.95 bits per heavy atom. The molecule has 116 valence electrons. The van der Waals surface area contributed by atoms with Crippen molar-refractivity contribution in [1.82, 2.24) is 15.1 Å². The van der Waals surface area contributed by atoms with Crippen molar-refractivity contribution in [3.05, 3.63) is 0 Å². The molecule has 20 heavy (non-hydrogen) atoms. The molecule has 0 aliphatic carbocycles. The molecule has 4 atom stereocenters. The van der Waals surface area contributed by atoms with Gasteiger partial charge in [0.25, 0.3) is 0 Å². The normalized spacial score (nSPS) is 39.9. The Kier molecular flexibility index (Phi) is 4.97. The number of rotatable bonds is 4. The number of likely N-dealkylation sites (tertiary alicyclic amines) is 1. The summed E-state index contributed by atoms with van der Waals surface area (Å²) in [5.41, 5.74) is 0. The highest BCUT2D eigenvalue weighted by Crippen LogP contribution is 2.24. The fourth-order valence-corrected chi connectivity index (χ4v) is 4.22. The van der Waals surface area contributed by atoms with Crippen LogP contribution >= 0.6 is 0 Å². The fraction of sp³-hybridized carbons (Fsp3) is 1.00. The second-order valence-electron chi connectivity index (χ2n) is 6.87. The van der Waals surface area contributed by atoms with E-state index in [-0.39, 0.29) is 0 Å². The SMILES string of the molecule is CCNC1CCN(CC2CN3CCCC3CO2)C(C)C1. The largest absolute Gasteiger partial charge is 0.374 e. The maximum atomic E-state index is 6.12. The molecule has 0 bridgehead atoms. The van der Waals surface area contributed by atoms with Crippen LogP contribution in [-0.2, 0) is 4.74 Å². The minimum Gasteiger partial charge on any atom is -0.374 e. The summed E-state index contributed by atoms with van der Waals surface area (Å²) >= 11 is 0. The monoisotopic (exact) mass is 281 g/mol. The molecule has 3 aliphatic rings. The van der Waals surface area contributed by atoms with Crippen LogP contribution in [0, 0.1) is 0 Å². The molecule has 3 heterocycles. The van der Waals surface area contributed by atoms with Crippen LogP contribution in [0.25, 0.3) is 0 Å². The van der Waals surface area contributed by atoms with E-state index in [1.807, 2.05) is 0 Å². The minimum atomic E-state index is 0.433. The van der Waals surface area contributed by atoms with Gasteiger partial charge in [0.15, 0.2) is 0 Å². The topological polar surface area (TPSA) is 27.7 Å². The Morgan fingerprint density at radius 1 is 1.25 bits per heavy atom. The van der Waals surface area contributed by atoms with Gasteiger partial charge in [0.05, 0.1) is 12.7 Å². The van der Waals surface area contributed by atoms with Crippen LogP contribution in [0.3, 0.4) is 0 Å². The molecule has 3 saturated heterocycles. The van der Waals surface area contributed by atoms with Crippen molar-refractivity contribution in [2.45, 2.75) is 63.8 Å². The highest BCUT2D eigenvalue weighted by Gasteiger charge is 2.34. The van der Waals surface area contributed by atoms with E-state index in [2.05, 4.69) is 29.0 Å². The molecule has 0 amide bonds. The highest BCUT2D eigenvalue weighted by atomic mass is 16.5. The first-order valence-corrected chi connectivity index (χ1v) is 8.59. The summed E-state index contributed by atoms with van der Waals surface area (Å²) in [4.78, 5) is 5.30. The van der Waals surface area contributed by atoms with Crippen LogP contribution in [-0.4, -0.2) is 73.4 Å². The first-order valence-electron chi connectivity index (χ1n) is 8.59. The maximum Gasteiger partial charge on any atom is 0.0829 e. The van der Waals surface area contributed by atoms with E-state index in [9.17, 15) is 0 Å². The number of morpholine rings is 1. The summed E-state index contributed by atoms with van der Waals surface area (Å²) in [6.07, 6.45) is 5.72. The van der Waals surface area contributed by atoms with Crippen molar-refractivity contribution in [2.75, 3.05) is 39.3 Å². The lowest BCUT2D eigenvalue weighted by atomic mass is 9.97. The fourth-order valence-electron chi connectivity index (χ4n) is 4.22. The summed E-state index contributed by atoms with van der Waals surface area (Å²) in [5, 5.41) is 3.60.